The summed E-state index contributed by atoms with van der Waals surface area (Å²) in [6.07, 6.45) is 1.15. The molecule has 1 aromatic carbocycles. The summed E-state index contributed by atoms with van der Waals surface area (Å²) in [6.45, 7) is 5.69. The normalized spacial score (nSPS) is 14.8. The zero-order valence-electron chi connectivity index (χ0n) is 12.1. The lowest BCUT2D eigenvalue weighted by molar-refractivity contribution is 0.0973. The van der Waals surface area contributed by atoms with Gasteiger partial charge in [0.05, 0.1) is 6.54 Å². The van der Waals surface area contributed by atoms with Crippen LogP contribution in [-0.4, -0.2) is 29.9 Å². The second kappa shape index (κ2) is 6.55. The van der Waals surface area contributed by atoms with Crippen molar-refractivity contribution in [1.29, 1.82) is 0 Å². The van der Waals surface area contributed by atoms with Crippen molar-refractivity contribution in [3.8, 4) is 0 Å². The van der Waals surface area contributed by atoms with E-state index in [2.05, 4.69) is 13.8 Å². The van der Waals surface area contributed by atoms with E-state index in [1.54, 1.807) is 4.90 Å². The Balaban J connectivity index is 2.09. The third kappa shape index (κ3) is 3.59. The molecule has 1 aromatic rings. The Morgan fingerprint density at radius 1 is 1.35 bits per heavy atom. The average Bonchev–Trinajstić information content (AvgIpc) is 2.82. The summed E-state index contributed by atoms with van der Waals surface area (Å²) < 4.78 is 4.92. The van der Waals surface area contributed by atoms with Crippen LogP contribution in [0.5, 0.6) is 0 Å². The van der Waals surface area contributed by atoms with Crippen molar-refractivity contribution in [3.63, 3.8) is 0 Å². The zero-order chi connectivity index (χ0) is 14.5. The van der Waals surface area contributed by atoms with Gasteiger partial charge in [-0.15, -0.1) is 0 Å². The standard InChI is InChI=1S/C16H21NO3/c1-12(2)7-8-15(18)14-6-4-3-5-13(14)11-17-9-10-20-16(17)19/h3-6,12H,7-11H2,1-2H3. The number of rotatable bonds is 6. The molecule has 4 nitrogen and oxygen atoms in total. The number of benzene rings is 1. The maximum Gasteiger partial charge on any atom is 0.410 e. The highest BCUT2D eigenvalue weighted by atomic mass is 16.6. The van der Waals surface area contributed by atoms with E-state index in [1.807, 2.05) is 24.3 Å². The van der Waals surface area contributed by atoms with Gasteiger partial charge in [-0.25, -0.2) is 4.79 Å². The first kappa shape index (κ1) is 14.6. The van der Waals surface area contributed by atoms with E-state index < -0.39 is 0 Å². The number of Topliss-reactive ketones (excluding diaryl/α,β-unsaturated/α-hetero) is 1. The lowest BCUT2D eigenvalue weighted by atomic mass is 9.97. The Kier molecular flexibility index (Phi) is 4.77. The van der Waals surface area contributed by atoms with Gasteiger partial charge in [0.2, 0.25) is 0 Å². The van der Waals surface area contributed by atoms with Gasteiger partial charge in [0.15, 0.2) is 5.78 Å². The highest BCUT2D eigenvalue weighted by Gasteiger charge is 2.23. The summed E-state index contributed by atoms with van der Waals surface area (Å²) in [5, 5.41) is 0. The van der Waals surface area contributed by atoms with Crippen molar-refractivity contribution in [2.24, 2.45) is 5.92 Å². The second-order valence-corrected chi connectivity index (χ2v) is 5.55. The molecule has 1 saturated heterocycles. The van der Waals surface area contributed by atoms with E-state index in [1.165, 1.54) is 0 Å². The number of ether oxygens (including phenoxy) is 1. The van der Waals surface area contributed by atoms with Crippen molar-refractivity contribution in [3.05, 3.63) is 35.4 Å². The second-order valence-electron chi connectivity index (χ2n) is 5.55. The average molecular weight is 275 g/mol. The topological polar surface area (TPSA) is 46.6 Å². The number of carbonyl (C=O) groups is 2. The van der Waals surface area contributed by atoms with Crippen LogP contribution in [0.15, 0.2) is 24.3 Å². The first-order chi connectivity index (χ1) is 9.58. The Bertz CT molecular complexity index is 496. The molecule has 0 saturated carbocycles. The minimum atomic E-state index is -0.297. The molecular formula is C16H21NO3. The third-order valence-corrected chi connectivity index (χ3v) is 3.47. The molecule has 0 spiro atoms. The van der Waals surface area contributed by atoms with Gasteiger partial charge >= 0.3 is 6.09 Å². The van der Waals surface area contributed by atoms with Gasteiger partial charge in [-0.05, 0) is 17.9 Å². The van der Waals surface area contributed by atoms with Crippen LogP contribution in [0, 0.1) is 5.92 Å². The van der Waals surface area contributed by atoms with Crippen LogP contribution in [-0.2, 0) is 11.3 Å². The predicted molar refractivity (Wildman–Crippen MR) is 76.6 cm³/mol. The summed E-state index contributed by atoms with van der Waals surface area (Å²) >= 11 is 0. The van der Waals surface area contributed by atoms with E-state index in [4.69, 9.17) is 4.74 Å². The lowest BCUT2D eigenvalue weighted by Crippen LogP contribution is -2.24. The third-order valence-electron chi connectivity index (χ3n) is 3.47. The quantitative estimate of drug-likeness (QED) is 0.749. The molecule has 0 N–H and O–H groups in total. The van der Waals surface area contributed by atoms with E-state index in [9.17, 15) is 9.59 Å². The number of ketones is 1. The number of hydrogen-bond acceptors (Lipinski definition) is 3. The molecule has 0 radical (unpaired) electrons. The van der Waals surface area contributed by atoms with Crippen molar-refractivity contribution in [1.82, 2.24) is 4.90 Å². The Labute approximate surface area is 119 Å². The number of cyclic esters (lactones) is 1. The molecule has 1 aliphatic rings. The Morgan fingerprint density at radius 2 is 2.10 bits per heavy atom. The predicted octanol–water partition coefficient (Wildman–Crippen LogP) is 3.26. The number of amides is 1. The SMILES string of the molecule is CC(C)CCC(=O)c1ccccc1CN1CCOC1=O. The van der Waals surface area contributed by atoms with E-state index >= 15 is 0 Å². The van der Waals surface area contributed by atoms with Gasteiger partial charge in [0, 0.05) is 18.5 Å². The van der Waals surface area contributed by atoms with E-state index in [-0.39, 0.29) is 11.9 Å². The zero-order valence-corrected chi connectivity index (χ0v) is 12.1. The van der Waals surface area contributed by atoms with Crippen LogP contribution >= 0.6 is 0 Å². The molecule has 2 rings (SSSR count). The van der Waals surface area contributed by atoms with E-state index in [0.717, 1.165) is 17.5 Å². The molecule has 20 heavy (non-hydrogen) atoms. The highest BCUT2D eigenvalue weighted by molar-refractivity contribution is 5.97. The first-order valence-corrected chi connectivity index (χ1v) is 7.10. The van der Waals surface area contributed by atoms with Gasteiger partial charge in [-0.3, -0.25) is 4.79 Å². The molecule has 1 fully saturated rings. The van der Waals surface area contributed by atoms with Crippen LogP contribution in [0.2, 0.25) is 0 Å². The minimum absolute atomic E-state index is 0.155. The Morgan fingerprint density at radius 3 is 2.75 bits per heavy atom. The van der Waals surface area contributed by atoms with Gasteiger partial charge in [-0.1, -0.05) is 38.1 Å². The molecule has 4 heteroatoms. The maximum absolute atomic E-state index is 12.3. The van der Waals surface area contributed by atoms with E-state index in [0.29, 0.717) is 32.0 Å². The smallest absolute Gasteiger partial charge is 0.410 e. The fourth-order valence-electron chi connectivity index (χ4n) is 2.26. The fourth-order valence-corrected chi connectivity index (χ4v) is 2.26. The molecule has 0 bridgehead atoms. The van der Waals surface area contributed by atoms with Crippen LogP contribution in [0.1, 0.15) is 42.6 Å². The van der Waals surface area contributed by atoms with Gasteiger partial charge in [0.1, 0.15) is 6.61 Å². The Hall–Kier alpha value is -1.84. The summed E-state index contributed by atoms with van der Waals surface area (Å²) in [5.74, 6) is 0.668. The molecule has 0 aromatic heterocycles. The summed E-state index contributed by atoms with van der Waals surface area (Å²) in [6, 6.07) is 7.53. The van der Waals surface area contributed by atoms with Crippen molar-refractivity contribution in [2.45, 2.75) is 33.2 Å². The molecule has 0 aliphatic carbocycles. The van der Waals surface area contributed by atoms with Crippen molar-refractivity contribution >= 4 is 11.9 Å². The molecule has 1 heterocycles. The molecular weight excluding hydrogens is 254 g/mol. The van der Waals surface area contributed by atoms with Crippen LogP contribution < -0.4 is 0 Å². The molecule has 108 valence electrons. The first-order valence-electron chi connectivity index (χ1n) is 7.10. The maximum atomic E-state index is 12.3. The van der Waals surface area contributed by atoms with Crippen LogP contribution in [0.3, 0.4) is 0 Å². The molecule has 1 aliphatic heterocycles. The number of nitrogens with zero attached hydrogens (tertiary/aromatic N) is 1. The summed E-state index contributed by atoms with van der Waals surface area (Å²) in [7, 11) is 0. The van der Waals surface area contributed by atoms with Gasteiger partial charge in [0.25, 0.3) is 0 Å². The van der Waals surface area contributed by atoms with Gasteiger partial charge in [-0.2, -0.15) is 0 Å². The summed E-state index contributed by atoms with van der Waals surface area (Å²) in [5.41, 5.74) is 1.63. The minimum Gasteiger partial charge on any atom is -0.448 e. The fraction of sp³-hybridized carbons (Fsp3) is 0.500. The molecule has 1 amide bonds. The monoisotopic (exact) mass is 275 g/mol. The summed E-state index contributed by atoms with van der Waals surface area (Å²) in [4.78, 5) is 25.4. The number of carbonyl (C=O) groups excluding carboxylic acids is 2. The highest BCUT2D eigenvalue weighted by Crippen LogP contribution is 2.18. The van der Waals surface area contributed by atoms with Crippen molar-refractivity contribution < 1.29 is 14.3 Å². The van der Waals surface area contributed by atoms with Crippen LogP contribution in [0.4, 0.5) is 4.79 Å². The lowest BCUT2D eigenvalue weighted by Gasteiger charge is -2.15. The molecule has 0 unspecified atom stereocenters. The largest absolute Gasteiger partial charge is 0.448 e. The van der Waals surface area contributed by atoms with Crippen LogP contribution in [0.25, 0.3) is 0 Å². The number of hydrogen-bond donors (Lipinski definition) is 0. The molecule has 0 atom stereocenters. The van der Waals surface area contributed by atoms with Crippen molar-refractivity contribution in [2.75, 3.05) is 13.2 Å². The van der Waals surface area contributed by atoms with Gasteiger partial charge < -0.3 is 9.64 Å².